The Morgan fingerprint density at radius 2 is 2.18 bits per heavy atom. The summed E-state index contributed by atoms with van der Waals surface area (Å²) < 4.78 is 1.01. The highest BCUT2D eigenvalue weighted by atomic mass is 79.9. The Balaban J connectivity index is 2.81. The summed E-state index contributed by atoms with van der Waals surface area (Å²) in [6, 6.07) is 2.38. The average Bonchev–Trinajstić information content (AvgIpc) is 2.34. The van der Waals surface area contributed by atoms with E-state index in [9.17, 15) is 0 Å². The number of hydrogen-bond acceptors (Lipinski definition) is 3. The van der Waals surface area contributed by atoms with Crippen molar-refractivity contribution in [3.8, 4) is 0 Å². The van der Waals surface area contributed by atoms with Crippen LogP contribution in [0.1, 0.15) is 38.3 Å². The van der Waals surface area contributed by atoms with Gasteiger partial charge < -0.3 is 5.73 Å². The normalized spacial score (nSPS) is 13.0. The van der Waals surface area contributed by atoms with Crippen molar-refractivity contribution in [1.29, 1.82) is 0 Å². The predicted molar refractivity (Wildman–Crippen MR) is 75.9 cm³/mol. The molecule has 0 saturated carbocycles. The average molecular weight is 300 g/mol. The number of hydrogen-bond donors (Lipinski definition) is 1. The molecule has 0 aliphatic carbocycles. The van der Waals surface area contributed by atoms with E-state index in [1.54, 1.807) is 6.20 Å². The van der Waals surface area contributed by atoms with Crippen LogP contribution in [0.5, 0.6) is 0 Å². The minimum Gasteiger partial charge on any atom is -0.329 e. The monoisotopic (exact) mass is 299 g/mol. The molecule has 1 atom stereocenters. The first-order valence-electron chi connectivity index (χ1n) is 6.27. The molecule has 0 aliphatic heterocycles. The van der Waals surface area contributed by atoms with Gasteiger partial charge in [0.25, 0.3) is 0 Å². The molecule has 1 rings (SSSR count). The Morgan fingerprint density at radius 1 is 1.41 bits per heavy atom. The Hall–Kier alpha value is -0.450. The smallest absolute Gasteiger partial charge is 0.0485 e. The zero-order chi connectivity index (χ0) is 12.7. The fraction of sp³-hybridized carbons (Fsp3) is 0.615. The van der Waals surface area contributed by atoms with E-state index in [1.807, 2.05) is 6.20 Å². The van der Waals surface area contributed by atoms with Gasteiger partial charge >= 0.3 is 0 Å². The Morgan fingerprint density at radius 3 is 2.71 bits per heavy atom. The van der Waals surface area contributed by atoms with Gasteiger partial charge in [-0.25, -0.2) is 0 Å². The second kappa shape index (κ2) is 7.80. The van der Waals surface area contributed by atoms with Crippen LogP contribution in [-0.2, 0) is 0 Å². The molecular formula is C13H22BrN3. The van der Waals surface area contributed by atoms with Crippen molar-refractivity contribution in [2.75, 3.05) is 19.6 Å². The summed E-state index contributed by atoms with van der Waals surface area (Å²) in [7, 11) is 0. The first-order valence-corrected chi connectivity index (χ1v) is 7.06. The molecule has 1 aromatic heterocycles. The van der Waals surface area contributed by atoms with E-state index in [1.165, 1.54) is 18.4 Å². The van der Waals surface area contributed by atoms with Crippen LogP contribution < -0.4 is 5.73 Å². The summed E-state index contributed by atoms with van der Waals surface area (Å²) in [5.41, 5.74) is 7.11. The van der Waals surface area contributed by atoms with Gasteiger partial charge in [0, 0.05) is 29.5 Å². The third-order valence-electron chi connectivity index (χ3n) is 2.98. The van der Waals surface area contributed by atoms with Crippen molar-refractivity contribution in [3.63, 3.8) is 0 Å². The number of unbranched alkanes of at least 4 members (excludes halogenated alkanes) is 1. The van der Waals surface area contributed by atoms with E-state index in [4.69, 9.17) is 5.73 Å². The molecule has 2 N–H and O–H groups in total. The van der Waals surface area contributed by atoms with E-state index in [2.05, 4.69) is 45.7 Å². The lowest BCUT2D eigenvalue weighted by molar-refractivity contribution is 0.209. The zero-order valence-corrected chi connectivity index (χ0v) is 12.3. The Bertz CT molecular complexity index is 330. The quantitative estimate of drug-likeness (QED) is 0.842. The molecule has 0 spiro atoms. The molecule has 0 amide bonds. The van der Waals surface area contributed by atoms with Crippen LogP contribution >= 0.6 is 15.9 Å². The van der Waals surface area contributed by atoms with Gasteiger partial charge in [0.1, 0.15) is 0 Å². The van der Waals surface area contributed by atoms with E-state index in [0.717, 1.165) is 17.6 Å². The van der Waals surface area contributed by atoms with Gasteiger partial charge in [-0.2, -0.15) is 0 Å². The van der Waals surface area contributed by atoms with Crippen LogP contribution in [0.2, 0.25) is 0 Å². The van der Waals surface area contributed by atoms with E-state index < -0.39 is 0 Å². The number of pyridine rings is 1. The third kappa shape index (κ3) is 4.37. The molecule has 1 aromatic rings. The van der Waals surface area contributed by atoms with E-state index in [-0.39, 0.29) is 6.04 Å². The highest BCUT2D eigenvalue weighted by molar-refractivity contribution is 9.10. The van der Waals surface area contributed by atoms with E-state index >= 15 is 0 Å². The molecular weight excluding hydrogens is 278 g/mol. The van der Waals surface area contributed by atoms with Gasteiger partial charge in [-0.05, 0) is 47.1 Å². The number of nitrogens with zero attached hydrogens (tertiary/aromatic N) is 2. The number of likely N-dealkylation sites (N-methyl/N-ethyl adjacent to an activating group) is 1. The maximum atomic E-state index is 5.92. The van der Waals surface area contributed by atoms with Gasteiger partial charge in [-0.15, -0.1) is 0 Å². The van der Waals surface area contributed by atoms with Crippen LogP contribution in [0, 0.1) is 0 Å². The van der Waals surface area contributed by atoms with Gasteiger partial charge in [0.15, 0.2) is 0 Å². The molecule has 1 unspecified atom stereocenters. The number of nitrogens with two attached hydrogens (primary N) is 1. The zero-order valence-electron chi connectivity index (χ0n) is 10.7. The van der Waals surface area contributed by atoms with Gasteiger partial charge in [0.2, 0.25) is 0 Å². The number of rotatable bonds is 7. The van der Waals surface area contributed by atoms with Crippen molar-refractivity contribution in [1.82, 2.24) is 9.88 Å². The molecule has 1 heterocycles. The summed E-state index contributed by atoms with van der Waals surface area (Å²) in [4.78, 5) is 6.64. The number of aromatic nitrogens is 1. The van der Waals surface area contributed by atoms with Crippen LogP contribution in [0.3, 0.4) is 0 Å². The molecule has 17 heavy (non-hydrogen) atoms. The molecule has 96 valence electrons. The third-order valence-corrected chi connectivity index (χ3v) is 3.41. The maximum Gasteiger partial charge on any atom is 0.0485 e. The van der Waals surface area contributed by atoms with Crippen molar-refractivity contribution in [3.05, 3.63) is 28.5 Å². The van der Waals surface area contributed by atoms with Gasteiger partial charge in [-0.3, -0.25) is 9.88 Å². The summed E-state index contributed by atoms with van der Waals surface area (Å²) >= 11 is 3.46. The molecule has 0 radical (unpaired) electrons. The van der Waals surface area contributed by atoms with Crippen LogP contribution in [0.15, 0.2) is 22.9 Å². The molecule has 0 bridgehead atoms. The molecule has 0 fully saturated rings. The van der Waals surface area contributed by atoms with E-state index in [0.29, 0.717) is 6.54 Å². The Kier molecular flexibility index (Phi) is 6.70. The molecule has 0 aliphatic rings. The van der Waals surface area contributed by atoms with Crippen LogP contribution in [-0.4, -0.2) is 29.5 Å². The maximum absolute atomic E-state index is 5.92. The summed E-state index contributed by atoms with van der Waals surface area (Å²) in [5, 5.41) is 0. The minimum absolute atomic E-state index is 0.275. The molecule has 3 nitrogen and oxygen atoms in total. The topological polar surface area (TPSA) is 42.1 Å². The fourth-order valence-corrected chi connectivity index (χ4v) is 2.38. The Labute approximate surface area is 113 Å². The highest BCUT2D eigenvalue weighted by Gasteiger charge is 2.17. The van der Waals surface area contributed by atoms with Crippen LogP contribution in [0.4, 0.5) is 0 Å². The lowest BCUT2D eigenvalue weighted by atomic mass is 10.1. The highest BCUT2D eigenvalue weighted by Crippen LogP contribution is 2.22. The van der Waals surface area contributed by atoms with Crippen LogP contribution in [0.25, 0.3) is 0 Å². The SMILES string of the molecule is CCCCN(CC)C(CN)c1cncc(Br)c1. The number of halogens is 1. The largest absolute Gasteiger partial charge is 0.329 e. The van der Waals surface area contributed by atoms with Crippen molar-refractivity contribution in [2.45, 2.75) is 32.7 Å². The standard InChI is InChI=1S/C13H22BrN3/c1-3-5-6-17(4-2)13(8-15)11-7-12(14)10-16-9-11/h7,9-10,13H,3-6,8,15H2,1-2H3. The lowest BCUT2D eigenvalue weighted by Crippen LogP contribution is -2.34. The second-order valence-electron chi connectivity index (χ2n) is 4.17. The van der Waals surface area contributed by atoms with Crippen molar-refractivity contribution >= 4 is 15.9 Å². The molecule has 4 heteroatoms. The van der Waals surface area contributed by atoms with Crippen molar-refractivity contribution in [2.24, 2.45) is 5.73 Å². The first-order chi connectivity index (χ1) is 8.22. The summed E-state index contributed by atoms with van der Waals surface area (Å²) in [6.07, 6.45) is 6.15. The first kappa shape index (κ1) is 14.6. The van der Waals surface area contributed by atoms with Gasteiger partial charge in [0.05, 0.1) is 0 Å². The summed E-state index contributed by atoms with van der Waals surface area (Å²) in [6.45, 7) is 7.15. The lowest BCUT2D eigenvalue weighted by Gasteiger charge is -2.30. The minimum atomic E-state index is 0.275. The summed E-state index contributed by atoms with van der Waals surface area (Å²) in [5.74, 6) is 0. The predicted octanol–water partition coefficient (Wildman–Crippen LogP) is 2.97. The molecule has 0 aromatic carbocycles. The molecule has 0 saturated heterocycles. The van der Waals surface area contributed by atoms with Gasteiger partial charge in [-0.1, -0.05) is 20.3 Å². The van der Waals surface area contributed by atoms with Crippen molar-refractivity contribution < 1.29 is 0 Å². The fourth-order valence-electron chi connectivity index (χ4n) is 2.00. The second-order valence-corrected chi connectivity index (χ2v) is 5.09.